The van der Waals surface area contributed by atoms with Gasteiger partial charge >= 0.3 is 0 Å². The first kappa shape index (κ1) is 10.8. The van der Waals surface area contributed by atoms with E-state index in [1.807, 2.05) is 0 Å². The smallest absolute Gasteiger partial charge is 0.129 e. The Morgan fingerprint density at radius 3 is 2.00 bits per heavy atom. The zero-order chi connectivity index (χ0) is 10.3. The van der Waals surface area contributed by atoms with Crippen LogP contribution in [0.4, 0.5) is 0 Å². The summed E-state index contributed by atoms with van der Waals surface area (Å²) in [6.07, 6.45) is 0. The second-order valence-electron chi connectivity index (χ2n) is 6.01. The summed E-state index contributed by atoms with van der Waals surface area (Å²) in [6, 6.07) is 1.07. The summed E-state index contributed by atoms with van der Waals surface area (Å²) in [4.78, 5) is 0. The Bertz CT molecular complexity index is 246. The van der Waals surface area contributed by atoms with Gasteiger partial charge in [0.2, 0.25) is 0 Å². The van der Waals surface area contributed by atoms with Crippen molar-refractivity contribution >= 4 is 8.07 Å². The maximum atomic E-state index is 3.43. The Hall–Kier alpha value is -0.263. The molecule has 1 N–H and O–H groups in total. The zero-order valence-corrected chi connectivity index (χ0v) is 10.7. The van der Waals surface area contributed by atoms with E-state index in [2.05, 4.69) is 57.2 Å². The molecule has 1 aliphatic heterocycles. The molecule has 74 valence electrons. The first-order valence-corrected chi connectivity index (χ1v) is 8.49. The van der Waals surface area contributed by atoms with Crippen LogP contribution in [0.5, 0.6) is 0 Å². The number of rotatable bonds is 0. The van der Waals surface area contributed by atoms with Gasteiger partial charge in [0.25, 0.3) is 0 Å². The lowest BCUT2D eigenvalue weighted by Crippen LogP contribution is -2.18. The molecule has 1 saturated heterocycles. The van der Waals surface area contributed by atoms with Gasteiger partial charge in [-0.15, -0.1) is 5.54 Å². The fourth-order valence-electron chi connectivity index (χ4n) is 1.31. The molecule has 1 heterocycles. The van der Waals surface area contributed by atoms with Crippen molar-refractivity contribution in [1.29, 1.82) is 0 Å². The second-order valence-corrected chi connectivity index (χ2v) is 10.8. The van der Waals surface area contributed by atoms with E-state index >= 15 is 0 Å². The van der Waals surface area contributed by atoms with Crippen molar-refractivity contribution in [2.45, 2.75) is 52.5 Å². The molecular formula is C11H21NSi. The van der Waals surface area contributed by atoms with Crippen LogP contribution >= 0.6 is 0 Å². The Kier molecular flexibility index (Phi) is 2.62. The molecule has 0 spiro atoms. The van der Waals surface area contributed by atoms with E-state index < -0.39 is 8.07 Å². The average molecular weight is 195 g/mol. The largest absolute Gasteiger partial charge is 0.297 e. The molecule has 0 unspecified atom stereocenters. The van der Waals surface area contributed by atoms with Crippen molar-refractivity contribution in [3.8, 4) is 11.5 Å². The second kappa shape index (κ2) is 3.15. The normalized spacial score (nSPS) is 27.8. The minimum atomic E-state index is -1.17. The summed E-state index contributed by atoms with van der Waals surface area (Å²) in [5.74, 6) is 3.35. The van der Waals surface area contributed by atoms with Crippen molar-refractivity contribution < 1.29 is 0 Å². The van der Waals surface area contributed by atoms with Gasteiger partial charge in [0.15, 0.2) is 0 Å². The van der Waals surface area contributed by atoms with E-state index in [-0.39, 0.29) is 0 Å². The topological polar surface area (TPSA) is 21.9 Å². The molecule has 0 saturated carbocycles. The Balaban J connectivity index is 2.48. The number of nitrogens with one attached hydrogen (secondary N) is 1. The molecule has 0 aromatic heterocycles. The summed E-state index contributed by atoms with van der Waals surface area (Å²) in [7, 11) is -1.17. The highest BCUT2D eigenvalue weighted by molar-refractivity contribution is 6.83. The lowest BCUT2D eigenvalue weighted by atomic mass is 9.90. The molecule has 0 radical (unpaired) electrons. The van der Waals surface area contributed by atoms with Crippen molar-refractivity contribution in [2.75, 3.05) is 0 Å². The molecule has 0 amide bonds. The van der Waals surface area contributed by atoms with E-state index in [0.29, 0.717) is 17.5 Å². The molecule has 2 heteroatoms. The SMILES string of the molecule is CC(C)(C)[C@@H]1N[C@H]1C#C[Si](C)(C)C. The van der Waals surface area contributed by atoms with Crippen LogP contribution in [0.25, 0.3) is 0 Å². The molecule has 1 nitrogen and oxygen atoms in total. The first-order chi connectivity index (χ1) is 5.70. The zero-order valence-electron chi connectivity index (χ0n) is 9.65. The lowest BCUT2D eigenvalue weighted by Gasteiger charge is -2.15. The van der Waals surface area contributed by atoms with Crippen molar-refractivity contribution in [3.63, 3.8) is 0 Å². The van der Waals surface area contributed by atoms with Crippen LogP contribution < -0.4 is 5.32 Å². The van der Waals surface area contributed by atoms with Gasteiger partial charge < -0.3 is 0 Å². The fourth-order valence-corrected chi connectivity index (χ4v) is 1.90. The summed E-state index contributed by atoms with van der Waals surface area (Å²) in [5.41, 5.74) is 3.77. The van der Waals surface area contributed by atoms with E-state index in [9.17, 15) is 0 Å². The van der Waals surface area contributed by atoms with Gasteiger partial charge in [0, 0.05) is 6.04 Å². The minimum absolute atomic E-state index is 0.360. The molecule has 13 heavy (non-hydrogen) atoms. The maximum Gasteiger partial charge on any atom is 0.129 e. The fraction of sp³-hybridized carbons (Fsp3) is 0.818. The molecule has 0 aromatic carbocycles. The van der Waals surface area contributed by atoms with Crippen LogP contribution in [0.1, 0.15) is 20.8 Å². The molecule has 2 atom stereocenters. The quantitative estimate of drug-likeness (QED) is 0.357. The highest BCUT2D eigenvalue weighted by Crippen LogP contribution is 2.30. The van der Waals surface area contributed by atoms with Gasteiger partial charge in [-0.2, -0.15) is 0 Å². The summed E-state index contributed by atoms with van der Waals surface area (Å²) in [5, 5.41) is 3.43. The number of hydrogen-bond acceptors (Lipinski definition) is 1. The highest BCUT2D eigenvalue weighted by atomic mass is 28.3. The summed E-state index contributed by atoms with van der Waals surface area (Å²) >= 11 is 0. The van der Waals surface area contributed by atoms with Gasteiger partial charge in [-0.05, 0) is 5.41 Å². The van der Waals surface area contributed by atoms with Crippen molar-refractivity contribution in [3.05, 3.63) is 0 Å². The third-order valence-electron chi connectivity index (χ3n) is 2.12. The van der Waals surface area contributed by atoms with Crippen molar-refractivity contribution in [1.82, 2.24) is 5.32 Å². The molecule has 0 aliphatic carbocycles. The predicted octanol–water partition coefficient (Wildman–Crippen LogP) is 2.25. The monoisotopic (exact) mass is 195 g/mol. The summed E-state index contributed by atoms with van der Waals surface area (Å²) in [6.45, 7) is 13.7. The van der Waals surface area contributed by atoms with E-state index in [0.717, 1.165) is 0 Å². The van der Waals surface area contributed by atoms with Crippen LogP contribution in [-0.2, 0) is 0 Å². The van der Waals surface area contributed by atoms with E-state index in [1.54, 1.807) is 0 Å². The van der Waals surface area contributed by atoms with E-state index in [4.69, 9.17) is 0 Å². The third-order valence-corrected chi connectivity index (χ3v) is 3.01. The molecule has 1 aliphatic rings. The van der Waals surface area contributed by atoms with Gasteiger partial charge in [-0.1, -0.05) is 46.3 Å². The summed E-state index contributed by atoms with van der Waals surface area (Å²) < 4.78 is 0. The Morgan fingerprint density at radius 2 is 1.69 bits per heavy atom. The third kappa shape index (κ3) is 3.54. The van der Waals surface area contributed by atoms with Crippen molar-refractivity contribution in [2.24, 2.45) is 5.41 Å². The van der Waals surface area contributed by atoms with Crippen LogP contribution in [0.3, 0.4) is 0 Å². The first-order valence-electron chi connectivity index (χ1n) is 4.99. The molecule has 1 fully saturated rings. The Labute approximate surface area is 83.3 Å². The van der Waals surface area contributed by atoms with Gasteiger partial charge in [0.05, 0.1) is 6.04 Å². The average Bonchev–Trinajstić information content (AvgIpc) is 2.57. The van der Waals surface area contributed by atoms with Gasteiger partial charge in [0.1, 0.15) is 8.07 Å². The van der Waals surface area contributed by atoms with Crippen LogP contribution in [0.2, 0.25) is 19.6 Å². The molecule has 0 bridgehead atoms. The molecule has 1 rings (SSSR count). The maximum absolute atomic E-state index is 3.43. The van der Waals surface area contributed by atoms with Crippen LogP contribution in [-0.4, -0.2) is 20.2 Å². The standard InChI is InChI=1S/C11H21NSi/c1-11(2,3)10-9(12-10)7-8-13(4,5)6/h9-10,12H,1-6H3/t9-,10+/m0/s1. The van der Waals surface area contributed by atoms with Crippen LogP contribution in [0, 0.1) is 16.9 Å². The Morgan fingerprint density at radius 1 is 1.15 bits per heavy atom. The molecule has 0 aromatic rings. The highest BCUT2D eigenvalue weighted by Gasteiger charge is 2.43. The minimum Gasteiger partial charge on any atom is -0.297 e. The van der Waals surface area contributed by atoms with Gasteiger partial charge in [-0.25, -0.2) is 0 Å². The number of hydrogen-bond donors (Lipinski definition) is 1. The predicted molar refractivity (Wildman–Crippen MR) is 61.3 cm³/mol. The lowest BCUT2D eigenvalue weighted by molar-refractivity contribution is 0.399. The van der Waals surface area contributed by atoms with Gasteiger partial charge in [-0.3, -0.25) is 5.32 Å². The molecular weight excluding hydrogens is 174 g/mol. The van der Waals surface area contributed by atoms with E-state index in [1.165, 1.54) is 0 Å². The van der Waals surface area contributed by atoms with Crippen LogP contribution in [0.15, 0.2) is 0 Å².